The number of nitrogens with one attached hydrogen (secondary N) is 1. The van der Waals surface area contributed by atoms with Crippen molar-refractivity contribution >= 4 is 23.2 Å². The molecule has 2 heterocycles. The van der Waals surface area contributed by atoms with Crippen molar-refractivity contribution in [2.75, 3.05) is 7.11 Å². The van der Waals surface area contributed by atoms with Crippen molar-refractivity contribution in [3.05, 3.63) is 74.7 Å². The summed E-state index contributed by atoms with van der Waals surface area (Å²) in [7, 11) is 3.56. The third kappa shape index (κ3) is 6.31. The number of ether oxygens (including phenoxy) is 2. The van der Waals surface area contributed by atoms with Gasteiger partial charge in [0.1, 0.15) is 23.7 Å². The average molecular weight is 492 g/mol. The molecule has 7 nitrogen and oxygen atoms in total. The van der Waals surface area contributed by atoms with E-state index < -0.39 is 6.09 Å². The Labute approximate surface area is 209 Å². The molecule has 0 saturated heterocycles. The number of methoxy groups -OCH3 is 1. The Kier molecular flexibility index (Phi) is 7.88. The van der Waals surface area contributed by atoms with Crippen LogP contribution in [0.5, 0.6) is 5.75 Å². The average Bonchev–Trinajstić information content (AvgIpc) is 3.43. The minimum atomic E-state index is -0.438. The summed E-state index contributed by atoms with van der Waals surface area (Å²) in [6.45, 7) is 0.414. The number of benzene rings is 1. The third-order valence-corrected chi connectivity index (χ3v) is 7.45. The van der Waals surface area contributed by atoms with Crippen LogP contribution in [0.4, 0.5) is 4.79 Å². The number of aromatic nitrogens is 1. The minimum Gasteiger partial charge on any atom is -0.497 e. The Hall–Kier alpha value is -3.57. The fraction of sp³-hybridized carbons (Fsp3) is 0.370. The molecular weight excluding hydrogens is 462 g/mol. The first-order chi connectivity index (χ1) is 16.9. The van der Waals surface area contributed by atoms with Gasteiger partial charge in [0, 0.05) is 55.0 Å². The summed E-state index contributed by atoms with van der Waals surface area (Å²) in [4.78, 5) is 26.8. The van der Waals surface area contributed by atoms with Crippen molar-refractivity contribution in [1.82, 2.24) is 9.88 Å². The number of amides is 1. The molecule has 182 valence electrons. The second kappa shape index (κ2) is 11.2. The zero-order chi connectivity index (χ0) is 24.8. The highest BCUT2D eigenvalue weighted by molar-refractivity contribution is 7.12. The SMILES string of the molecule is COc1cccc(CCC(=O)Cc2sc3c(c2C#N)CCC(OC(=O)NCc2ccn(C)c2)C3)c1. The van der Waals surface area contributed by atoms with E-state index in [1.807, 2.05) is 54.3 Å². The van der Waals surface area contributed by atoms with Crippen LogP contribution in [0, 0.1) is 11.3 Å². The predicted molar refractivity (Wildman–Crippen MR) is 134 cm³/mol. The van der Waals surface area contributed by atoms with E-state index in [0.29, 0.717) is 44.2 Å². The van der Waals surface area contributed by atoms with Gasteiger partial charge in [-0.2, -0.15) is 5.26 Å². The number of nitriles is 1. The number of thiophene rings is 1. The molecule has 1 aliphatic rings. The summed E-state index contributed by atoms with van der Waals surface area (Å²) in [5, 5.41) is 12.6. The van der Waals surface area contributed by atoms with Crippen LogP contribution in [0.25, 0.3) is 0 Å². The van der Waals surface area contributed by atoms with Gasteiger partial charge in [-0.15, -0.1) is 11.3 Å². The number of ketones is 1. The number of carbonyl (C=O) groups excluding carboxylic acids is 2. The maximum atomic E-state index is 12.7. The normalized spacial score (nSPS) is 14.6. The fourth-order valence-corrected chi connectivity index (χ4v) is 5.78. The van der Waals surface area contributed by atoms with Crippen LogP contribution < -0.4 is 10.1 Å². The van der Waals surface area contributed by atoms with Gasteiger partial charge in [0.15, 0.2) is 0 Å². The quantitative estimate of drug-likeness (QED) is 0.476. The van der Waals surface area contributed by atoms with Gasteiger partial charge in [0.05, 0.1) is 12.7 Å². The molecule has 1 aliphatic carbocycles. The van der Waals surface area contributed by atoms with Crippen LogP contribution in [0.15, 0.2) is 42.7 Å². The molecule has 1 aromatic carbocycles. The van der Waals surface area contributed by atoms with Gasteiger partial charge >= 0.3 is 6.09 Å². The van der Waals surface area contributed by atoms with Crippen molar-refractivity contribution in [1.29, 1.82) is 5.26 Å². The van der Waals surface area contributed by atoms with Crippen LogP contribution in [-0.4, -0.2) is 29.7 Å². The lowest BCUT2D eigenvalue weighted by atomic mass is 9.92. The first kappa shape index (κ1) is 24.6. The molecule has 2 aromatic heterocycles. The van der Waals surface area contributed by atoms with Crippen molar-refractivity contribution in [3.8, 4) is 11.8 Å². The first-order valence-electron chi connectivity index (χ1n) is 11.7. The molecule has 0 bridgehead atoms. The lowest BCUT2D eigenvalue weighted by Gasteiger charge is -2.22. The van der Waals surface area contributed by atoms with Crippen molar-refractivity contribution in [2.45, 2.75) is 51.2 Å². The smallest absolute Gasteiger partial charge is 0.407 e. The Morgan fingerprint density at radius 3 is 2.89 bits per heavy atom. The van der Waals surface area contributed by atoms with E-state index in [-0.39, 0.29) is 18.3 Å². The monoisotopic (exact) mass is 491 g/mol. The molecule has 1 N–H and O–H groups in total. The van der Waals surface area contributed by atoms with E-state index in [1.54, 1.807) is 7.11 Å². The summed E-state index contributed by atoms with van der Waals surface area (Å²) in [5.74, 6) is 0.883. The van der Waals surface area contributed by atoms with Crippen LogP contribution in [0.1, 0.15) is 44.8 Å². The number of hydrogen-bond acceptors (Lipinski definition) is 6. The van der Waals surface area contributed by atoms with E-state index in [1.165, 1.54) is 11.3 Å². The topological polar surface area (TPSA) is 93.4 Å². The van der Waals surface area contributed by atoms with E-state index >= 15 is 0 Å². The molecule has 0 saturated carbocycles. The number of alkyl carbamates (subject to hydrolysis) is 1. The zero-order valence-electron chi connectivity index (χ0n) is 20.0. The van der Waals surface area contributed by atoms with Gasteiger partial charge in [-0.3, -0.25) is 4.79 Å². The molecule has 1 atom stereocenters. The number of hydrogen-bond donors (Lipinski definition) is 1. The van der Waals surface area contributed by atoms with E-state index in [2.05, 4.69) is 11.4 Å². The van der Waals surface area contributed by atoms with Crippen molar-refractivity contribution in [2.24, 2.45) is 7.05 Å². The van der Waals surface area contributed by atoms with Gasteiger partial charge in [0.25, 0.3) is 0 Å². The molecule has 0 radical (unpaired) electrons. The van der Waals surface area contributed by atoms with Crippen LogP contribution in [0.2, 0.25) is 0 Å². The number of rotatable bonds is 9. The second-order valence-electron chi connectivity index (χ2n) is 8.79. The molecule has 0 aliphatic heterocycles. The Morgan fingerprint density at radius 1 is 1.29 bits per heavy atom. The predicted octanol–water partition coefficient (Wildman–Crippen LogP) is 4.49. The molecule has 0 fully saturated rings. The van der Waals surface area contributed by atoms with Gasteiger partial charge in [-0.1, -0.05) is 12.1 Å². The molecule has 8 heteroatoms. The number of fused-ring (bicyclic) bond motifs is 1. The standard InChI is InChI=1S/C27H29N3O4S/c1-30-11-10-19(17-30)16-29-27(32)34-22-8-9-23-24(15-28)25(35-26(23)14-22)13-20(31)7-6-18-4-3-5-21(12-18)33-2/h3-5,10-12,17,22H,6-9,13-14,16H2,1-2H3,(H,29,32). The maximum Gasteiger partial charge on any atom is 0.407 e. The van der Waals surface area contributed by atoms with Crippen LogP contribution in [-0.2, 0) is 48.8 Å². The lowest BCUT2D eigenvalue weighted by Crippen LogP contribution is -2.31. The van der Waals surface area contributed by atoms with Crippen LogP contribution >= 0.6 is 11.3 Å². The van der Waals surface area contributed by atoms with Gasteiger partial charge in [0.2, 0.25) is 0 Å². The number of nitrogens with zero attached hydrogens (tertiary/aromatic N) is 2. The summed E-state index contributed by atoms with van der Waals surface area (Å²) >= 11 is 1.51. The zero-order valence-corrected chi connectivity index (χ0v) is 20.8. The Morgan fingerprint density at radius 2 is 2.14 bits per heavy atom. The van der Waals surface area contributed by atoms with E-state index in [9.17, 15) is 14.9 Å². The van der Waals surface area contributed by atoms with Gasteiger partial charge < -0.3 is 19.4 Å². The maximum absolute atomic E-state index is 12.7. The van der Waals surface area contributed by atoms with Gasteiger partial charge in [-0.05, 0) is 54.2 Å². The molecule has 0 spiro atoms. The summed E-state index contributed by atoms with van der Waals surface area (Å²) in [5.41, 5.74) is 3.70. The number of carbonyl (C=O) groups is 2. The molecule has 3 aromatic rings. The second-order valence-corrected chi connectivity index (χ2v) is 9.98. The van der Waals surface area contributed by atoms with Crippen molar-refractivity contribution in [3.63, 3.8) is 0 Å². The largest absolute Gasteiger partial charge is 0.497 e. The Bertz CT molecular complexity index is 1250. The highest BCUT2D eigenvalue weighted by Gasteiger charge is 2.28. The fourth-order valence-electron chi connectivity index (χ4n) is 4.38. The number of aryl methyl sites for hydroxylation is 2. The molecule has 35 heavy (non-hydrogen) atoms. The van der Waals surface area contributed by atoms with E-state index in [0.717, 1.165) is 32.2 Å². The highest BCUT2D eigenvalue weighted by atomic mass is 32.1. The number of Topliss-reactive ketones (excluding diaryl/α,β-unsaturated/α-hetero) is 1. The molecule has 4 rings (SSSR count). The minimum absolute atomic E-state index is 0.107. The summed E-state index contributed by atoms with van der Waals surface area (Å²) in [6.07, 6.45) is 6.41. The Balaban J connectivity index is 1.32. The molecule has 1 amide bonds. The van der Waals surface area contributed by atoms with E-state index in [4.69, 9.17) is 9.47 Å². The first-order valence-corrected chi connectivity index (χ1v) is 12.5. The molecular formula is C27H29N3O4S. The molecule has 1 unspecified atom stereocenters. The van der Waals surface area contributed by atoms with Crippen molar-refractivity contribution < 1.29 is 19.1 Å². The lowest BCUT2D eigenvalue weighted by molar-refractivity contribution is -0.118. The summed E-state index contributed by atoms with van der Waals surface area (Å²) in [6, 6.07) is 12.0. The summed E-state index contributed by atoms with van der Waals surface area (Å²) < 4.78 is 12.8. The highest BCUT2D eigenvalue weighted by Crippen LogP contribution is 2.35. The third-order valence-electron chi connectivity index (χ3n) is 6.19. The van der Waals surface area contributed by atoms with Crippen LogP contribution in [0.3, 0.4) is 0 Å². The van der Waals surface area contributed by atoms with Gasteiger partial charge in [-0.25, -0.2) is 4.79 Å².